The smallest absolute Gasteiger partial charge is 0.339 e. The Labute approximate surface area is 169 Å². The molecule has 0 saturated carbocycles. The molecule has 2 aromatic rings. The lowest BCUT2D eigenvalue weighted by molar-refractivity contribution is 0.0526. The number of esters is 1. The number of carbonyl (C=O) groups is 2. The van der Waals surface area contributed by atoms with E-state index in [1.54, 1.807) is 32.0 Å². The first-order valence-electron chi connectivity index (χ1n) is 8.37. The van der Waals surface area contributed by atoms with Crippen LogP contribution in [0.2, 0.25) is 5.02 Å². The van der Waals surface area contributed by atoms with E-state index in [0.29, 0.717) is 22.5 Å². The molecule has 7 nitrogen and oxygen atoms in total. The van der Waals surface area contributed by atoms with Crippen molar-refractivity contribution in [1.82, 2.24) is 0 Å². The van der Waals surface area contributed by atoms with Crippen LogP contribution in [0.5, 0.6) is 0 Å². The van der Waals surface area contributed by atoms with E-state index < -0.39 is 21.9 Å². The van der Waals surface area contributed by atoms with Crippen LogP contribution in [0, 0.1) is 6.92 Å². The van der Waals surface area contributed by atoms with Gasteiger partial charge >= 0.3 is 5.97 Å². The molecule has 1 amide bonds. The third-order valence-electron chi connectivity index (χ3n) is 4.11. The highest BCUT2D eigenvalue weighted by Gasteiger charge is 2.19. The standard InChI is InChI=1S/C19H21ClN2O5S/c1-5-27-19(24)15-10-9-13(11-16(15)20)21-18(23)14-7-6-8-17(12(14)2)22(3)28(4,25)26/h6-11H,5H2,1-4H3,(H,21,23). The Morgan fingerprint density at radius 2 is 1.86 bits per heavy atom. The Bertz CT molecular complexity index is 1020. The molecule has 0 saturated heterocycles. The second-order valence-corrected chi connectivity index (χ2v) is 8.47. The number of sulfonamides is 1. The van der Waals surface area contributed by atoms with Gasteiger partial charge < -0.3 is 10.1 Å². The number of halogens is 1. The Balaban J connectivity index is 2.29. The van der Waals surface area contributed by atoms with Crippen LogP contribution in [0.15, 0.2) is 36.4 Å². The predicted molar refractivity (Wildman–Crippen MR) is 110 cm³/mol. The van der Waals surface area contributed by atoms with Gasteiger partial charge in [-0.15, -0.1) is 0 Å². The summed E-state index contributed by atoms with van der Waals surface area (Å²) in [6.45, 7) is 3.59. The molecule has 0 fully saturated rings. The maximum Gasteiger partial charge on any atom is 0.339 e. The van der Waals surface area contributed by atoms with Gasteiger partial charge in [-0.25, -0.2) is 13.2 Å². The number of amides is 1. The van der Waals surface area contributed by atoms with Crippen LogP contribution < -0.4 is 9.62 Å². The first kappa shape index (κ1) is 21.7. The van der Waals surface area contributed by atoms with Gasteiger partial charge in [0.25, 0.3) is 5.91 Å². The summed E-state index contributed by atoms with van der Waals surface area (Å²) in [6.07, 6.45) is 1.09. The molecule has 2 rings (SSSR count). The van der Waals surface area contributed by atoms with E-state index in [0.717, 1.165) is 10.6 Å². The number of hydrogen-bond donors (Lipinski definition) is 1. The van der Waals surface area contributed by atoms with E-state index in [4.69, 9.17) is 16.3 Å². The summed E-state index contributed by atoms with van der Waals surface area (Å²) in [6, 6.07) is 9.29. The van der Waals surface area contributed by atoms with E-state index in [2.05, 4.69) is 5.32 Å². The SMILES string of the molecule is CCOC(=O)c1ccc(NC(=O)c2cccc(N(C)S(C)(=O)=O)c2C)cc1Cl. The van der Waals surface area contributed by atoms with Crippen LogP contribution in [0.1, 0.15) is 33.2 Å². The van der Waals surface area contributed by atoms with Crippen molar-refractivity contribution in [1.29, 1.82) is 0 Å². The van der Waals surface area contributed by atoms with Crippen molar-refractivity contribution in [2.45, 2.75) is 13.8 Å². The number of nitrogens with zero attached hydrogens (tertiary/aromatic N) is 1. The van der Waals surface area contributed by atoms with Crippen molar-refractivity contribution in [2.24, 2.45) is 0 Å². The lowest BCUT2D eigenvalue weighted by atomic mass is 10.1. The zero-order chi connectivity index (χ0) is 21.1. The molecule has 0 spiro atoms. The Morgan fingerprint density at radius 1 is 1.18 bits per heavy atom. The molecule has 0 aliphatic rings. The van der Waals surface area contributed by atoms with Crippen LogP contribution in [-0.4, -0.2) is 40.2 Å². The largest absolute Gasteiger partial charge is 0.462 e. The molecule has 0 aliphatic carbocycles. The molecule has 0 atom stereocenters. The van der Waals surface area contributed by atoms with Gasteiger partial charge in [0.1, 0.15) is 0 Å². The van der Waals surface area contributed by atoms with Gasteiger partial charge in [0.15, 0.2) is 0 Å². The second kappa shape index (κ2) is 8.62. The molecular weight excluding hydrogens is 404 g/mol. The Morgan fingerprint density at radius 3 is 2.43 bits per heavy atom. The van der Waals surface area contributed by atoms with Gasteiger partial charge in [-0.2, -0.15) is 0 Å². The van der Waals surface area contributed by atoms with Crippen LogP contribution in [-0.2, 0) is 14.8 Å². The summed E-state index contributed by atoms with van der Waals surface area (Å²) in [5, 5.41) is 2.85. The highest BCUT2D eigenvalue weighted by atomic mass is 35.5. The third-order valence-corrected chi connectivity index (χ3v) is 5.61. The molecular formula is C19H21ClN2O5S. The molecule has 0 heterocycles. The van der Waals surface area contributed by atoms with Gasteiger partial charge in [-0.3, -0.25) is 9.10 Å². The van der Waals surface area contributed by atoms with Crippen molar-refractivity contribution in [2.75, 3.05) is 29.5 Å². The number of rotatable bonds is 6. The van der Waals surface area contributed by atoms with E-state index in [1.807, 2.05) is 0 Å². The maximum atomic E-state index is 12.7. The summed E-state index contributed by atoms with van der Waals surface area (Å²) in [7, 11) is -2.04. The molecule has 150 valence electrons. The number of nitrogens with one attached hydrogen (secondary N) is 1. The van der Waals surface area contributed by atoms with E-state index in [1.165, 1.54) is 25.2 Å². The molecule has 2 aromatic carbocycles. The number of hydrogen-bond acceptors (Lipinski definition) is 5. The number of ether oxygens (including phenoxy) is 1. The van der Waals surface area contributed by atoms with Crippen molar-refractivity contribution < 1.29 is 22.7 Å². The van der Waals surface area contributed by atoms with E-state index in [-0.39, 0.29) is 17.2 Å². The van der Waals surface area contributed by atoms with Crippen molar-refractivity contribution in [3.63, 3.8) is 0 Å². The lowest BCUT2D eigenvalue weighted by Crippen LogP contribution is -2.26. The minimum atomic E-state index is -3.46. The molecule has 0 unspecified atom stereocenters. The molecule has 0 bridgehead atoms. The van der Waals surface area contributed by atoms with Gasteiger partial charge in [0.05, 0.1) is 29.1 Å². The summed E-state index contributed by atoms with van der Waals surface area (Å²) in [5.41, 5.74) is 1.84. The average Bonchev–Trinajstić information content (AvgIpc) is 2.60. The van der Waals surface area contributed by atoms with E-state index in [9.17, 15) is 18.0 Å². The summed E-state index contributed by atoms with van der Waals surface area (Å²) in [4.78, 5) is 24.5. The summed E-state index contributed by atoms with van der Waals surface area (Å²) in [5.74, 6) is -0.973. The van der Waals surface area contributed by atoms with Crippen molar-refractivity contribution in [3.05, 3.63) is 58.1 Å². The minimum Gasteiger partial charge on any atom is -0.462 e. The Hall–Kier alpha value is -2.58. The highest BCUT2D eigenvalue weighted by Crippen LogP contribution is 2.26. The molecule has 0 radical (unpaired) electrons. The highest BCUT2D eigenvalue weighted by molar-refractivity contribution is 7.92. The summed E-state index contributed by atoms with van der Waals surface area (Å²) < 4.78 is 29.6. The maximum absolute atomic E-state index is 12.7. The van der Waals surface area contributed by atoms with Gasteiger partial charge in [0, 0.05) is 18.3 Å². The predicted octanol–water partition coefficient (Wildman–Crippen LogP) is 3.47. The molecule has 9 heteroatoms. The molecule has 1 N–H and O–H groups in total. The third kappa shape index (κ3) is 4.82. The Kier molecular flexibility index (Phi) is 6.69. The fourth-order valence-electron chi connectivity index (χ4n) is 2.55. The van der Waals surface area contributed by atoms with Gasteiger partial charge in [0.2, 0.25) is 10.0 Å². The average molecular weight is 425 g/mol. The molecule has 0 aromatic heterocycles. The lowest BCUT2D eigenvalue weighted by Gasteiger charge is -2.20. The molecule has 28 heavy (non-hydrogen) atoms. The second-order valence-electron chi connectivity index (χ2n) is 6.05. The molecule has 0 aliphatic heterocycles. The summed E-state index contributed by atoms with van der Waals surface area (Å²) >= 11 is 6.11. The van der Waals surface area contributed by atoms with Gasteiger partial charge in [-0.05, 0) is 49.7 Å². The zero-order valence-electron chi connectivity index (χ0n) is 15.9. The number of carbonyl (C=O) groups excluding carboxylic acids is 2. The normalized spacial score (nSPS) is 11.0. The zero-order valence-corrected chi connectivity index (χ0v) is 17.5. The van der Waals surface area contributed by atoms with E-state index >= 15 is 0 Å². The minimum absolute atomic E-state index is 0.151. The quantitative estimate of drug-likeness (QED) is 0.716. The van der Waals surface area contributed by atoms with Gasteiger partial charge in [-0.1, -0.05) is 17.7 Å². The van der Waals surface area contributed by atoms with Crippen LogP contribution in [0.4, 0.5) is 11.4 Å². The van der Waals surface area contributed by atoms with Crippen molar-refractivity contribution >= 4 is 44.9 Å². The number of benzene rings is 2. The first-order valence-corrected chi connectivity index (χ1v) is 10.6. The fourth-order valence-corrected chi connectivity index (χ4v) is 3.37. The van der Waals surface area contributed by atoms with Crippen LogP contribution in [0.25, 0.3) is 0 Å². The number of anilines is 2. The van der Waals surface area contributed by atoms with Crippen LogP contribution in [0.3, 0.4) is 0 Å². The van der Waals surface area contributed by atoms with Crippen LogP contribution >= 0.6 is 11.6 Å². The first-order chi connectivity index (χ1) is 13.1. The topological polar surface area (TPSA) is 92.8 Å². The fraction of sp³-hybridized carbons (Fsp3) is 0.263. The monoisotopic (exact) mass is 424 g/mol. The van der Waals surface area contributed by atoms with Crippen molar-refractivity contribution in [3.8, 4) is 0 Å².